The molecule has 0 spiro atoms. The molecule has 0 radical (unpaired) electrons. The topological polar surface area (TPSA) is 77.7 Å². The molecule has 2 aromatic heterocycles. The fraction of sp³-hybridized carbons (Fsp3) is 0.316. The van der Waals surface area contributed by atoms with Gasteiger partial charge in [-0.25, -0.2) is 9.49 Å². The molecule has 0 bridgehead atoms. The number of hydrogen-bond donors (Lipinski definition) is 2. The quantitative estimate of drug-likeness (QED) is 0.722. The van der Waals surface area contributed by atoms with Crippen LogP contribution in [0.5, 0.6) is 0 Å². The fourth-order valence-corrected chi connectivity index (χ4v) is 3.98. The van der Waals surface area contributed by atoms with E-state index in [0.29, 0.717) is 18.8 Å². The standard InChI is InChI=1S/C19H19ClFN5O/c1-10-7-12(21)3-4-13(10)11(2)18-14-5-6-26(9-15(14)23-24-18)16-8-22-25-19(27)17(16)20/h3-4,7-8,11H,5-6,9H2,1-2H3,(H,23,24)(H,25,27)/t11-/m0/s1. The Morgan fingerprint density at radius 2 is 2.15 bits per heavy atom. The lowest BCUT2D eigenvalue weighted by molar-refractivity contribution is 0.624. The van der Waals surface area contributed by atoms with Gasteiger partial charge >= 0.3 is 0 Å². The zero-order chi connectivity index (χ0) is 19.1. The van der Waals surface area contributed by atoms with Crippen LogP contribution in [0.1, 0.15) is 40.9 Å². The summed E-state index contributed by atoms with van der Waals surface area (Å²) in [5.74, 6) is -0.173. The molecule has 0 aliphatic carbocycles. The zero-order valence-corrected chi connectivity index (χ0v) is 15.8. The van der Waals surface area contributed by atoms with E-state index >= 15 is 0 Å². The van der Waals surface area contributed by atoms with Crippen LogP contribution >= 0.6 is 11.6 Å². The van der Waals surface area contributed by atoms with Crippen molar-refractivity contribution < 1.29 is 4.39 Å². The molecule has 1 aliphatic rings. The second-order valence-corrected chi connectivity index (χ2v) is 7.24. The number of H-pyrrole nitrogens is 2. The number of nitrogens with zero attached hydrogens (tertiary/aromatic N) is 3. The summed E-state index contributed by atoms with van der Waals surface area (Å²) in [6, 6.07) is 4.86. The number of aromatic nitrogens is 4. The van der Waals surface area contributed by atoms with E-state index in [1.54, 1.807) is 12.3 Å². The molecule has 0 unspecified atom stereocenters. The number of aromatic amines is 2. The molecule has 1 aliphatic heterocycles. The molecule has 140 valence electrons. The Morgan fingerprint density at radius 3 is 2.93 bits per heavy atom. The lowest BCUT2D eigenvalue weighted by Gasteiger charge is -2.29. The average Bonchev–Trinajstić information content (AvgIpc) is 3.06. The third kappa shape index (κ3) is 3.12. The van der Waals surface area contributed by atoms with Crippen molar-refractivity contribution in [2.75, 3.05) is 11.4 Å². The molecule has 0 fully saturated rings. The van der Waals surface area contributed by atoms with Crippen LogP contribution in [-0.4, -0.2) is 26.9 Å². The number of hydrogen-bond acceptors (Lipinski definition) is 4. The van der Waals surface area contributed by atoms with Gasteiger partial charge in [-0.05, 0) is 36.6 Å². The van der Waals surface area contributed by atoms with Gasteiger partial charge in [-0.2, -0.15) is 10.2 Å². The highest BCUT2D eigenvalue weighted by Crippen LogP contribution is 2.33. The summed E-state index contributed by atoms with van der Waals surface area (Å²) < 4.78 is 13.4. The lowest BCUT2D eigenvalue weighted by Crippen LogP contribution is -2.32. The van der Waals surface area contributed by atoms with Crippen molar-refractivity contribution in [3.63, 3.8) is 0 Å². The van der Waals surface area contributed by atoms with Gasteiger partial charge in [0.05, 0.1) is 29.8 Å². The summed E-state index contributed by atoms with van der Waals surface area (Å²) in [6.45, 7) is 5.28. The highest BCUT2D eigenvalue weighted by Gasteiger charge is 2.27. The molecule has 1 aromatic carbocycles. The van der Waals surface area contributed by atoms with Crippen LogP contribution in [-0.2, 0) is 13.0 Å². The van der Waals surface area contributed by atoms with Gasteiger partial charge < -0.3 is 4.90 Å². The third-order valence-electron chi connectivity index (χ3n) is 5.19. The molecule has 3 aromatic rings. The molecule has 0 amide bonds. The summed E-state index contributed by atoms with van der Waals surface area (Å²) in [6.07, 6.45) is 2.34. The van der Waals surface area contributed by atoms with E-state index in [1.807, 2.05) is 17.9 Å². The number of aryl methyl sites for hydroxylation is 1. The van der Waals surface area contributed by atoms with Crippen molar-refractivity contribution in [1.29, 1.82) is 0 Å². The van der Waals surface area contributed by atoms with Crippen molar-refractivity contribution >= 4 is 17.3 Å². The maximum absolute atomic E-state index is 13.4. The van der Waals surface area contributed by atoms with Gasteiger partial charge in [-0.3, -0.25) is 9.89 Å². The van der Waals surface area contributed by atoms with Crippen molar-refractivity contribution in [3.8, 4) is 0 Å². The SMILES string of the molecule is Cc1cc(F)ccc1[C@H](C)c1n[nH]c2c1CCN(c1cn[nH]c(=O)c1Cl)C2. The number of anilines is 1. The van der Waals surface area contributed by atoms with E-state index in [1.165, 1.54) is 11.6 Å². The summed E-state index contributed by atoms with van der Waals surface area (Å²) in [5, 5.41) is 14.0. The molecule has 2 N–H and O–H groups in total. The summed E-state index contributed by atoms with van der Waals surface area (Å²) in [4.78, 5) is 13.7. The molecule has 6 nitrogen and oxygen atoms in total. The Labute approximate surface area is 160 Å². The molecule has 0 saturated heterocycles. The van der Waals surface area contributed by atoms with Crippen LogP contribution in [0, 0.1) is 12.7 Å². The highest BCUT2D eigenvalue weighted by molar-refractivity contribution is 6.32. The molecule has 8 heteroatoms. The first kappa shape index (κ1) is 17.7. The molecular formula is C19H19ClFN5O. The van der Waals surface area contributed by atoms with Crippen molar-refractivity contribution in [2.24, 2.45) is 0 Å². The third-order valence-corrected chi connectivity index (χ3v) is 5.56. The Morgan fingerprint density at radius 1 is 1.33 bits per heavy atom. The van der Waals surface area contributed by atoms with E-state index in [9.17, 15) is 9.18 Å². The first-order chi connectivity index (χ1) is 13.0. The number of benzene rings is 1. The number of nitrogens with one attached hydrogen (secondary N) is 2. The van der Waals surface area contributed by atoms with Crippen LogP contribution in [0.3, 0.4) is 0 Å². The number of halogens is 2. The fourth-order valence-electron chi connectivity index (χ4n) is 3.77. The van der Waals surface area contributed by atoms with Crippen LogP contribution < -0.4 is 10.5 Å². The first-order valence-electron chi connectivity index (χ1n) is 8.76. The monoisotopic (exact) mass is 387 g/mol. The number of fused-ring (bicyclic) bond motifs is 1. The Kier molecular flexibility index (Phi) is 4.47. The lowest BCUT2D eigenvalue weighted by atomic mass is 9.89. The molecular weight excluding hydrogens is 369 g/mol. The Bertz CT molecular complexity index is 1060. The van der Waals surface area contributed by atoms with E-state index in [0.717, 1.165) is 28.9 Å². The largest absolute Gasteiger partial charge is 0.363 e. The normalized spacial score (nSPS) is 14.9. The van der Waals surface area contributed by atoms with Gasteiger partial charge in [0.1, 0.15) is 10.8 Å². The number of rotatable bonds is 3. The molecule has 1 atom stereocenters. The molecule has 27 heavy (non-hydrogen) atoms. The minimum absolute atomic E-state index is 0.0574. The second kappa shape index (κ2) is 6.81. The average molecular weight is 388 g/mol. The van der Waals surface area contributed by atoms with Crippen LogP contribution in [0.2, 0.25) is 5.02 Å². The van der Waals surface area contributed by atoms with Crippen LogP contribution in [0.4, 0.5) is 10.1 Å². The minimum atomic E-state index is -0.398. The first-order valence-corrected chi connectivity index (χ1v) is 9.13. The minimum Gasteiger partial charge on any atom is -0.363 e. The van der Waals surface area contributed by atoms with E-state index < -0.39 is 5.56 Å². The van der Waals surface area contributed by atoms with Gasteiger partial charge in [0.2, 0.25) is 0 Å². The van der Waals surface area contributed by atoms with Crippen molar-refractivity contribution in [3.05, 3.63) is 73.7 Å². The Hall–Kier alpha value is -2.67. The molecule has 3 heterocycles. The van der Waals surface area contributed by atoms with Gasteiger partial charge in [0.25, 0.3) is 5.56 Å². The molecule has 4 rings (SSSR count). The molecule has 0 saturated carbocycles. The summed E-state index contributed by atoms with van der Waals surface area (Å²) >= 11 is 6.14. The maximum atomic E-state index is 13.4. The second-order valence-electron chi connectivity index (χ2n) is 6.86. The van der Waals surface area contributed by atoms with E-state index in [4.69, 9.17) is 11.6 Å². The summed E-state index contributed by atoms with van der Waals surface area (Å²) in [7, 11) is 0. The van der Waals surface area contributed by atoms with Crippen LogP contribution in [0.25, 0.3) is 0 Å². The smallest absolute Gasteiger partial charge is 0.285 e. The highest BCUT2D eigenvalue weighted by atomic mass is 35.5. The predicted octanol–water partition coefficient (Wildman–Crippen LogP) is 3.31. The maximum Gasteiger partial charge on any atom is 0.285 e. The van der Waals surface area contributed by atoms with Gasteiger partial charge in [0.15, 0.2) is 0 Å². The van der Waals surface area contributed by atoms with Gasteiger partial charge in [0, 0.05) is 18.0 Å². The van der Waals surface area contributed by atoms with Gasteiger partial charge in [-0.15, -0.1) is 0 Å². The van der Waals surface area contributed by atoms with E-state index in [-0.39, 0.29) is 16.8 Å². The Balaban J connectivity index is 1.64. The predicted molar refractivity (Wildman–Crippen MR) is 102 cm³/mol. The van der Waals surface area contributed by atoms with Crippen molar-refractivity contribution in [1.82, 2.24) is 20.4 Å². The van der Waals surface area contributed by atoms with Crippen molar-refractivity contribution in [2.45, 2.75) is 32.7 Å². The summed E-state index contributed by atoms with van der Waals surface area (Å²) in [5.41, 5.74) is 5.36. The van der Waals surface area contributed by atoms with Crippen LogP contribution in [0.15, 0.2) is 29.2 Å². The van der Waals surface area contributed by atoms with E-state index in [2.05, 4.69) is 27.3 Å². The van der Waals surface area contributed by atoms with Gasteiger partial charge in [-0.1, -0.05) is 24.6 Å². The zero-order valence-electron chi connectivity index (χ0n) is 15.0.